The van der Waals surface area contributed by atoms with Gasteiger partial charge in [0.1, 0.15) is 10.8 Å². The molecule has 4 atom stereocenters. The van der Waals surface area contributed by atoms with E-state index in [9.17, 15) is 0 Å². The van der Waals surface area contributed by atoms with Crippen molar-refractivity contribution >= 4 is 23.1 Å². The number of hydrogen-bond donors (Lipinski definition) is 2. The van der Waals surface area contributed by atoms with Crippen LogP contribution in [-0.4, -0.2) is 20.0 Å². The summed E-state index contributed by atoms with van der Waals surface area (Å²) in [6.45, 7) is 4.32. The first-order valence-electron chi connectivity index (χ1n) is 8.12. The van der Waals surface area contributed by atoms with Gasteiger partial charge in [0.05, 0.1) is 23.3 Å². The molecule has 0 radical (unpaired) electrons. The van der Waals surface area contributed by atoms with Crippen LogP contribution in [0.2, 0.25) is 0 Å². The topological polar surface area (TPSA) is 54.8 Å². The van der Waals surface area contributed by atoms with E-state index in [0.717, 1.165) is 18.7 Å². The molecule has 0 bridgehead atoms. The second-order valence-corrected chi connectivity index (χ2v) is 8.53. The maximum absolute atomic E-state index is 4.56. The fourth-order valence-corrected chi connectivity index (χ4v) is 6.33. The number of thioether (sulfide) groups is 1. The van der Waals surface area contributed by atoms with Gasteiger partial charge in [0.2, 0.25) is 0 Å². The van der Waals surface area contributed by atoms with Crippen molar-refractivity contribution in [3.8, 4) is 0 Å². The summed E-state index contributed by atoms with van der Waals surface area (Å²) in [5.74, 6) is 2.07. The van der Waals surface area contributed by atoms with Gasteiger partial charge in [0.25, 0.3) is 0 Å². The Bertz CT molecular complexity index is 779. The molecule has 0 saturated carbocycles. The highest BCUT2D eigenvalue weighted by atomic mass is 32.2. The van der Waals surface area contributed by atoms with Gasteiger partial charge in [-0.25, -0.2) is 14.6 Å². The lowest BCUT2D eigenvalue weighted by atomic mass is 9.78. The summed E-state index contributed by atoms with van der Waals surface area (Å²) in [5, 5.41) is 7.56. The highest BCUT2D eigenvalue weighted by Gasteiger charge is 2.49. The first-order chi connectivity index (χ1) is 11.3. The minimum Gasteiger partial charge on any atom is -0.296 e. The van der Waals surface area contributed by atoms with Gasteiger partial charge in [-0.3, -0.25) is 10.7 Å². The van der Waals surface area contributed by atoms with Gasteiger partial charge in [-0.1, -0.05) is 6.92 Å². The molecule has 2 N–H and O–H groups in total. The normalized spacial score (nSPS) is 31.7. The molecule has 3 aliphatic rings. The van der Waals surface area contributed by atoms with Gasteiger partial charge >= 0.3 is 0 Å². The summed E-state index contributed by atoms with van der Waals surface area (Å²) >= 11 is 3.75. The average molecular weight is 345 g/mol. The Morgan fingerprint density at radius 1 is 1.39 bits per heavy atom. The Kier molecular flexibility index (Phi) is 3.11. The largest absolute Gasteiger partial charge is 0.296 e. The molecule has 23 heavy (non-hydrogen) atoms. The molecule has 5 rings (SSSR count). The van der Waals surface area contributed by atoms with Crippen LogP contribution < -0.4 is 10.7 Å². The van der Waals surface area contributed by atoms with E-state index in [1.165, 1.54) is 21.3 Å². The zero-order valence-electron chi connectivity index (χ0n) is 13.1. The number of piperidine rings is 1. The fourth-order valence-electron chi connectivity index (χ4n) is 4.13. The van der Waals surface area contributed by atoms with Crippen LogP contribution >= 0.6 is 23.1 Å². The van der Waals surface area contributed by atoms with Crippen molar-refractivity contribution in [2.45, 2.75) is 44.0 Å². The van der Waals surface area contributed by atoms with E-state index in [1.807, 2.05) is 18.0 Å². The number of allylic oxidation sites excluding steroid dienone is 1. The third kappa shape index (κ3) is 1.96. The fraction of sp³-hybridized carbons (Fsp3) is 0.500. The smallest absolute Gasteiger partial charge is 0.124 e. The van der Waals surface area contributed by atoms with Gasteiger partial charge in [0, 0.05) is 34.0 Å². The Morgan fingerprint density at radius 2 is 2.30 bits per heavy atom. The highest BCUT2D eigenvalue weighted by Crippen LogP contribution is 2.55. The highest BCUT2D eigenvalue weighted by molar-refractivity contribution is 8.03. The third-order valence-electron chi connectivity index (χ3n) is 5.17. The Labute approximate surface area is 143 Å². The van der Waals surface area contributed by atoms with Gasteiger partial charge < -0.3 is 0 Å². The number of aromatic nitrogens is 3. The lowest BCUT2D eigenvalue weighted by molar-refractivity contribution is 0.265. The molecule has 0 aliphatic carbocycles. The molecule has 7 heteroatoms. The molecule has 120 valence electrons. The molecule has 3 aliphatic heterocycles. The van der Waals surface area contributed by atoms with Crippen LogP contribution in [0.15, 0.2) is 28.4 Å². The maximum Gasteiger partial charge on any atom is 0.124 e. The standard InChI is InChI=1S/C16H19N5S2/c1-3-12-14-13-9(11-7-18-8(2)21(11)20-14)6-10(19-16(13)23-12)15-17-4-5-22-15/h4-5,7,9-10,13,16,19-20H,3,6H2,1-2H3. The molecular weight excluding hydrogens is 326 g/mol. The van der Waals surface area contributed by atoms with Crippen molar-refractivity contribution in [3.63, 3.8) is 0 Å². The van der Waals surface area contributed by atoms with Crippen molar-refractivity contribution in [1.29, 1.82) is 0 Å². The number of aryl methyl sites for hydroxylation is 1. The molecule has 0 spiro atoms. The number of hydrogen-bond acceptors (Lipinski definition) is 6. The molecule has 2 aromatic heterocycles. The van der Waals surface area contributed by atoms with Crippen molar-refractivity contribution in [3.05, 3.63) is 44.9 Å². The van der Waals surface area contributed by atoms with E-state index < -0.39 is 0 Å². The first kappa shape index (κ1) is 14.1. The SMILES string of the molecule is CCC1=C2Nn3c(cnc3C)C3CC(c4nccs4)NC(S1)C23. The minimum atomic E-state index is 0.341. The second-order valence-electron chi connectivity index (χ2n) is 6.36. The van der Waals surface area contributed by atoms with Gasteiger partial charge in [-0.2, -0.15) is 0 Å². The molecule has 1 saturated heterocycles. The zero-order valence-corrected chi connectivity index (χ0v) is 14.7. The van der Waals surface area contributed by atoms with E-state index in [1.54, 1.807) is 11.3 Å². The molecule has 1 fully saturated rings. The molecule has 0 aromatic carbocycles. The van der Waals surface area contributed by atoms with Crippen LogP contribution in [0.5, 0.6) is 0 Å². The average Bonchev–Trinajstić information content (AvgIpc) is 3.28. The minimum absolute atomic E-state index is 0.341. The maximum atomic E-state index is 4.56. The van der Waals surface area contributed by atoms with E-state index in [-0.39, 0.29) is 0 Å². The number of imidazole rings is 1. The van der Waals surface area contributed by atoms with Crippen molar-refractivity contribution in [2.24, 2.45) is 5.92 Å². The predicted molar refractivity (Wildman–Crippen MR) is 93.9 cm³/mol. The molecule has 5 nitrogen and oxygen atoms in total. The van der Waals surface area contributed by atoms with Crippen molar-refractivity contribution in [2.75, 3.05) is 5.43 Å². The Morgan fingerprint density at radius 3 is 3.09 bits per heavy atom. The monoisotopic (exact) mass is 345 g/mol. The van der Waals surface area contributed by atoms with Crippen LogP contribution in [0, 0.1) is 12.8 Å². The number of thiazole rings is 1. The molecule has 0 amide bonds. The van der Waals surface area contributed by atoms with Crippen LogP contribution in [-0.2, 0) is 0 Å². The summed E-state index contributed by atoms with van der Waals surface area (Å²) in [6, 6.07) is 0.341. The summed E-state index contributed by atoms with van der Waals surface area (Å²) < 4.78 is 2.19. The quantitative estimate of drug-likeness (QED) is 0.874. The van der Waals surface area contributed by atoms with Crippen molar-refractivity contribution in [1.82, 2.24) is 20.0 Å². The summed E-state index contributed by atoms with van der Waals surface area (Å²) in [5.41, 5.74) is 6.38. The Hall–Kier alpha value is -1.31. The van der Waals surface area contributed by atoms with Crippen LogP contribution in [0.25, 0.3) is 0 Å². The van der Waals surface area contributed by atoms with Gasteiger partial charge in [-0.05, 0) is 19.8 Å². The summed E-state index contributed by atoms with van der Waals surface area (Å²) in [4.78, 5) is 10.6. The van der Waals surface area contributed by atoms with E-state index in [2.05, 4.69) is 50.8 Å². The van der Waals surface area contributed by atoms with Crippen LogP contribution in [0.1, 0.15) is 48.3 Å². The summed E-state index contributed by atoms with van der Waals surface area (Å²) in [6.07, 6.45) is 6.13. The zero-order chi connectivity index (χ0) is 15.6. The number of fused-ring (bicyclic) bond motifs is 2. The van der Waals surface area contributed by atoms with E-state index >= 15 is 0 Å². The van der Waals surface area contributed by atoms with Gasteiger partial charge in [-0.15, -0.1) is 23.1 Å². The third-order valence-corrected chi connectivity index (χ3v) is 7.53. The molecule has 5 heterocycles. The van der Waals surface area contributed by atoms with Gasteiger partial charge in [0.15, 0.2) is 0 Å². The van der Waals surface area contributed by atoms with E-state index in [4.69, 9.17) is 0 Å². The first-order valence-corrected chi connectivity index (χ1v) is 9.88. The molecular formula is C16H19N5S2. The summed E-state index contributed by atoms with van der Waals surface area (Å²) in [7, 11) is 0. The lowest BCUT2D eigenvalue weighted by Crippen LogP contribution is -2.48. The number of nitrogens with zero attached hydrogens (tertiary/aromatic N) is 3. The van der Waals surface area contributed by atoms with E-state index in [0.29, 0.717) is 23.3 Å². The second kappa shape index (κ2) is 5.09. The van der Waals surface area contributed by atoms with Crippen molar-refractivity contribution < 1.29 is 0 Å². The number of nitrogens with one attached hydrogen (secondary N) is 2. The van der Waals surface area contributed by atoms with Crippen LogP contribution in [0.3, 0.4) is 0 Å². The number of rotatable bonds is 2. The lowest BCUT2D eigenvalue weighted by Gasteiger charge is -2.43. The molecule has 4 unspecified atom stereocenters. The Balaban J connectivity index is 1.61. The molecule has 2 aromatic rings. The van der Waals surface area contributed by atoms with Crippen LogP contribution in [0.4, 0.5) is 0 Å². The predicted octanol–water partition coefficient (Wildman–Crippen LogP) is 3.33.